The zero-order chi connectivity index (χ0) is 23.7. The van der Waals surface area contributed by atoms with Gasteiger partial charge in [0.05, 0.1) is 11.3 Å². The maximum absolute atomic E-state index is 13.0. The van der Waals surface area contributed by atoms with Gasteiger partial charge in [-0.15, -0.1) is 0 Å². The standard InChI is InChI=1S/C24H35N5O3/c1-17(2)14-21(24(32)29-13-12-19(16-29)28(3)4)27-23(31)11-7-10-22(30)26-20-9-6-5-8-18(20)15-25/h5-6,8-9,17,19,21H,7,10-14,16H2,1-4H3,(H,26,30)(H,27,31)/t19?,21-/m0/s1. The van der Waals surface area contributed by atoms with E-state index < -0.39 is 6.04 Å². The van der Waals surface area contributed by atoms with Crippen LogP contribution in [0.15, 0.2) is 24.3 Å². The quantitative estimate of drug-likeness (QED) is 0.580. The number of nitrogens with one attached hydrogen (secondary N) is 2. The Hall–Kier alpha value is -2.92. The molecule has 1 aliphatic rings. The summed E-state index contributed by atoms with van der Waals surface area (Å²) in [5.74, 6) is -0.232. The van der Waals surface area contributed by atoms with Gasteiger partial charge >= 0.3 is 0 Å². The van der Waals surface area contributed by atoms with Gasteiger partial charge in [-0.25, -0.2) is 0 Å². The number of para-hydroxylation sites is 1. The second-order valence-electron chi connectivity index (χ2n) is 9.00. The zero-order valence-corrected chi connectivity index (χ0v) is 19.6. The van der Waals surface area contributed by atoms with E-state index in [1.54, 1.807) is 24.3 Å². The van der Waals surface area contributed by atoms with Crippen LogP contribution < -0.4 is 10.6 Å². The normalized spacial score (nSPS) is 16.7. The fourth-order valence-electron chi connectivity index (χ4n) is 3.86. The molecule has 2 rings (SSSR count). The summed E-state index contributed by atoms with van der Waals surface area (Å²) >= 11 is 0. The second kappa shape index (κ2) is 12.2. The lowest BCUT2D eigenvalue weighted by atomic mass is 10.0. The Labute approximate surface area is 190 Å². The van der Waals surface area contributed by atoms with E-state index in [1.165, 1.54) is 0 Å². The topological polar surface area (TPSA) is 106 Å². The Morgan fingerprint density at radius 3 is 2.50 bits per heavy atom. The molecule has 0 aliphatic carbocycles. The summed E-state index contributed by atoms with van der Waals surface area (Å²) in [6.45, 7) is 5.45. The summed E-state index contributed by atoms with van der Waals surface area (Å²) in [5.41, 5.74) is 0.862. The van der Waals surface area contributed by atoms with Crippen molar-refractivity contribution in [2.45, 2.75) is 58.0 Å². The van der Waals surface area contributed by atoms with Gasteiger partial charge in [-0.05, 0) is 51.4 Å². The smallest absolute Gasteiger partial charge is 0.245 e. The summed E-state index contributed by atoms with van der Waals surface area (Å²) in [6.07, 6.45) is 2.20. The molecule has 1 saturated heterocycles. The highest BCUT2D eigenvalue weighted by Gasteiger charge is 2.32. The zero-order valence-electron chi connectivity index (χ0n) is 19.6. The number of nitrogens with zero attached hydrogens (tertiary/aromatic N) is 3. The van der Waals surface area contributed by atoms with Gasteiger partial charge < -0.3 is 20.4 Å². The molecule has 1 aliphatic heterocycles. The van der Waals surface area contributed by atoms with Gasteiger partial charge in [-0.2, -0.15) is 5.26 Å². The minimum Gasteiger partial charge on any atom is -0.344 e. The van der Waals surface area contributed by atoms with Gasteiger partial charge in [0.2, 0.25) is 17.7 Å². The van der Waals surface area contributed by atoms with E-state index in [4.69, 9.17) is 5.26 Å². The van der Waals surface area contributed by atoms with E-state index in [0.29, 0.717) is 43.2 Å². The minimum absolute atomic E-state index is 0.0257. The molecule has 1 aromatic rings. The maximum atomic E-state index is 13.0. The Balaban J connectivity index is 1.83. The number of rotatable bonds is 10. The molecule has 1 fully saturated rings. The molecule has 0 saturated carbocycles. The summed E-state index contributed by atoms with van der Waals surface area (Å²) in [5, 5.41) is 14.7. The van der Waals surface area contributed by atoms with Crippen molar-refractivity contribution >= 4 is 23.4 Å². The van der Waals surface area contributed by atoms with Gasteiger partial charge in [0, 0.05) is 32.0 Å². The van der Waals surface area contributed by atoms with Crippen LogP contribution >= 0.6 is 0 Å². The van der Waals surface area contributed by atoms with Crippen LogP contribution in [0.4, 0.5) is 5.69 Å². The van der Waals surface area contributed by atoms with Crippen molar-refractivity contribution < 1.29 is 14.4 Å². The molecule has 0 bridgehead atoms. The first kappa shape index (κ1) is 25.3. The van der Waals surface area contributed by atoms with E-state index in [9.17, 15) is 14.4 Å². The number of carbonyl (C=O) groups is 3. The Bertz CT molecular complexity index is 846. The summed E-state index contributed by atoms with van der Waals surface area (Å²) in [6, 6.07) is 8.63. The number of nitriles is 1. The van der Waals surface area contributed by atoms with Crippen LogP contribution in [-0.2, 0) is 14.4 Å². The molecule has 0 radical (unpaired) electrons. The number of likely N-dealkylation sites (N-methyl/N-ethyl adjacent to an activating group) is 1. The Morgan fingerprint density at radius 1 is 1.19 bits per heavy atom. The van der Waals surface area contributed by atoms with Gasteiger partial charge in [-0.3, -0.25) is 14.4 Å². The second-order valence-corrected chi connectivity index (χ2v) is 9.00. The van der Waals surface area contributed by atoms with E-state index in [-0.39, 0.29) is 36.5 Å². The number of carbonyl (C=O) groups excluding carboxylic acids is 3. The molecule has 0 aromatic heterocycles. The first-order valence-corrected chi connectivity index (χ1v) is 11.2. The fraction of sp³-hybridized carbons (Fsp3) is 0.583. The van der Waals surface area contributed by atoms with Crippen molar-refractivity contribution in [1.82, 2.24) is 15.1 Å². The molecule has 32 heavy (non-hydrogen) atoms. The van der Waals surface area contributed by atoms with Crippen molar-refractivity contribution in [2.24, 2.45) is 5.92 Å². The fourth-order valence-corrected chi connectivity index (χ4v) is 3.86. The number of hydrogen-bond donors (Lipinski definition) is 2. The molecular weight excluding hydrogens is 406 g/mol. The van der Waals surface area contributed by atoms with Gasteiger partial charge in [0.1, 0.15) is 12.1 Å². The number of anilines is 1. The first-order valence-electron chi connectivity index (χ1n) is 11.2. The summed E-state index contributed by atoms with van der Waals surface area (Å²) < 4.78 is 0. The van der Waals surface area contributed by atoms with Crippen molar-refractivity contribution in [1.29, 1.82) is 5.26 Å². The third kappa shape index (κ3) is 7.65. The van der Waals surface area contributed by atoms with E-state index in [1.807, 2.05) is 38.9 Å². The first-order chi connectivity index (χ1) is 15.2. The molecule has 2 atom stereocenters. The van der Waals surface area contributed by atoms with Crippen molar-refractivity contribution in [3.05, 3.63) is 29.8 Å². The van der Waals surface area contributed by atoms with Gasteiger partial charge in [-0.1, -0.05) is 26.0 Å². The monoisotopic (exact) mass is 441 g/mol. The molecule has 2 N–H and O–H groups in total. The number of benzene rings is 1. The largest absolute Gasteiger partial charge is 0.344 e. The predicted octanol–water partition coefficient (Wildman–Crippen LogP) is 2.36. The van der Waals surface area contributed by atoms with Crippen LogP contribution in [0, 0.1) is 17.2 Å². The molecule has 1 aromatic carbocycles. The molecule has 8 heteroatoms. The van der Waals surface area contributed by atoms with Gasteiger partial charge in [0.15, 0.2) is 0 Å². The third-order valence-electron chi connectivity index (χ3n) is 5.68. The lowest BCUT2D eigenvalue weighted by Gasteiger charge is -2.26. The Kier molecular flexibility index (Phi) is 9.66. The van der Waals surface area contributed by atoms with Crippen LogP contribution in [0.2, 0.25) is 0 Å². The average Bonchev–Trinajstić information content (AvgIpc) is 3.23. The SMILES string of the molecule is CC(C)C[C@H](NC(=O)CCCC(=O)Nc1ccccc1C#N)C(=O)N1CCC(N(C)C)C1. The molecule has 0 spiro atoms. The molecule has 1 heterocycles. The van der Waals surface area contributed by atoms with E-state index in [0.717, 1.165) is 6.42 Å². The molecule has 1 unspecified atom stereocenters. The van der Waals surface area contributed by atoms with Gasteiger partial charge in [0.25, 0.3) is 0 Å². The highest BCUT2D eigenvalue weighted by molar-refractivity contribution is 5.92. The van der Waals surface area contributed by atoms with Crippen LogP contribution in [-0.4, -0.2) is 66.8 Å². The third-order valence-corrected chi connectivity index (χ3v) is 5.68. The van der Waals surface area contributed by atoms with Crippen LogP contribution in [0.3, 0.4) is 0 Å². The van der Waals surface area contributed by atoms with Crippen molar-refractivity contribution in [3.8, 4) is 6.07 Å². The molecule has 8 nitrogen and oxygen atoms in total. The predicted molar refractivity (Wildman–Crippen MR) is 124 cm³/mol. The molecule has 3 amide bonds. The number of hydrogen-bond acceptors (Lipinski definition) is 5. The van der Waals surface area contributed by atoms with E-state index >= 15 is 0 Å². The van der Waals surface area contributed by atoms with Crippen LogP contribution in [0.1, 0.15) is 51.5 Å². The molecular formula is C24H35N5O3. The van der Waals surface area contributed by atoms with E-state index in [2.05, 4.69) is 15.5 Å². The number of amides is 3. The van der Waals surface area contributed by atoms with Crippen molar-refractivity contribution in [2.75, 3.05) is 32.5 Å². The molecule has 174 valence electrons. The lowest BCUT2D eigenvalue weighted by molar-refractivity contribution is -0.136. The summed E-state index contributed by atoms with van der Waals surface area (Å²) in [7, 11) is 4.03. The average molecular weight is 442 g/mol. The van der Waals surface area contributed by atoms with Crippen molar-refractivity contribution in [3.63, 3.8) is 0 Å². The lowest BCUT2D eigenvalue weighted by Crippen LogP contribution is -2.49. The Morgan fingerprint density at radius 2 is 1.88 bits per heavy atom. The van der Waals surface area contributed by atoms with Crippen LogP contribution in [0.5, 0.6) is 0 Å². The number of likely N-dealkylation sites (tertiary alicyclic amines) is 1. The maximum Gasteiger partial charge on any atom is 0.245 e. The highest BCUT2D eigenvalue weighted by Crippen LogP contribution is 2.17. The minimum atomic E-state index is -0.542. The van der Waals surface area contributed by atoms with Crippen LogP contribution in [0.25, 0.3) is 0 Å². The highest BCUT2D eigenvalue weighted by atomic mass is 16.2. The summed E-state index contributed by atoms with van der Waals surface area (Å²) in [4.78, 5) is 41.7.